The molecular weight excluding hydrogens is 454 g/mol. The molecule has 0 unspecified atom stereocenters. The van der Waals surface area contributed by atoms with Gasteiger partial charge in [-0.2, -0.15) is 4.31 Å². The summed E-state index contributed by atoms with van der Waals surface area (Å²) in [5.74, 6) is -1.32. The molecule has 0 atom stereocenters. The molecule has 0 aromatic heterocycles. The fourth-order valence-corrected chi connectivity index (χ4v) is 5.60. The number of hydrogen-bond acceptors (Lipinski definition) is 6. The maximum atomic E-state index is 12.7. The van der Waals surface area contributed by atoms with Crippen molar-refractivity contribution in [2.75, 3.05) is 36.5 Å². The first-order valence-corrected chi connectivity index (χ1v) is 13.0. The molecule has 1 N–H and O–H groups in total. The monoisotopic (exact) mass is 487 g/mol. The van der Waals surface area contributed by atoms with Gasteiger partial charge in [-0.3, -0.25) is 9.59 Å². The highest BCUT2D eigenvalue weighted by atomic mass is 32.2. The van der Waals surface area contributed by atoms with Crippen molar-refractivity contribution in [2.24, 2.45) is 5.92 Å². The Morgan fingerprint density at radius 1 is 1.06 bits per heavy atom. The van der Waals surface area contributed by atoms with E-state index in [1.807, 2.05) is 24.3 Å². The molecule has 0 aliphatic carbocycles. The Bertz CT molecular complexity index is 1060. The first-order valence-electron chi connectivity index (χ1n) is 11.6. The van der Waals surface area contributed by atoms with E-state index in [4.69, 9.17) is 4.74 Å². The summed E-state index contributed by atoms with van der Waals surface area (Å²) in [7, 11) is -3.57. The van der Waals surface area contributed by atoms with Crippen LogP contribution in [0.25, 0.3) is 0 Å². The second-order valence-corrected chi connectivity index (χ2v) is 10.5. The maximum absolute atomic E-state index is 12.7. The third-order valence-corrected chi connectivity index (χ3v) is 7.87. The average molecular weight is 488 g/mol. The van der Waals surface area contributed by atoms with Crippen molar-refractivity contribution in [2.45, 2.75) is 44.6 Å². The molecule has 34 heavy (non-hydrogen) atoms. The van der Waals surface area contributed by atoms with Gasteiger partial charge in [-0.25, -0.2) is 8.42 Å². The lowest BCUT2D eigenvalue weighted by molar-refractivity contribution is -0.152. The molecule has 1 fully saturated rings. The van der Waals surface area contributed by atoms with E-state index in [2.05, 4.69) is 31.0 Å². The number of benzene rings is 2. The average Bonchev–Trinajstić information content (AvgIpc) is 2.84. The van der Waals surface area contributed by atoms with Crippen molar-refractivity contribution in [3.05, 3.63) is 54.6 Å². The number of sulfonamides is 1. The van der Waals surface area contributed by atoms with E-state index in [0.29, 0.717) is 24.6 Å². The second-order valence-electron chi connectivity index (χ2n) is 8.57. The number of esters is 1. The van der Waals surface area contributed by atoms with E-state index in [1.54, 1.807) is 30.3 Å². The largest absolute Gasteiger partial charge is 0.455 e. The molecule has 9 heteroatoms. The van der Waals surface area contributed by atoms with E-state index in [1.165, 1.54) is 4.31 Å². The molecule has 8 nitrogen and oxygen atoms in total. The molecule has 0 spiro atoms. The van der Waals surface area contributed by atoms with Gasteiger partial charge in [0.05, 0.1) is 10.8 Å². The molecule has 1 saturated heterocycles. The molecular formula is C25H33N3O5S. The van der Waals surface area contributed by atoms with Gasteiger partial charge >= 0.3 is 5.97 Å². The van der Waals surface area contributed by atoms with Gasteiger partial charge in [0.15, 0.2) is 6.61 Å². The first-order chi connectivity index (χ1) is 16.2. The Labute approximate surface area is 201 Å². The zero-order chi connectivity index (χ0) is 24.7. The number of hydrogen-bond donors (Lipinski definition) is 1. The topological polar surface area (TPSA) is 96.0 Å². The lowest BCUT2D eigenvalue weighted by atomic mass is 9.98. The molecule has 0 radical (unpaired) electrons. The summed E-state index contributed by atoms with van der Waals surface area (Å²) >= 11 is 0. The van der Waals surface area contributed by atoms with Crippen LogP contribution in [0.3, 0.4) is 0 Å². The van der Waals surface area contributed by atoms with Crippen LogP contribution >= 0.6 is 0 Å². The Hall–Kier alpha value is -2.91. The molecule has 2 aromatic rings. The summed E-state index contributed by atoms with van der Waals surface area (Å²) in [6.45, 7) is 7.32. The minimum atomic E-state index is -3.57. The lowest BCUT2D eigenvalue weighted by Gasteiger charge is -2.30. The van der Waals surface area contributed by atoms with Crippen molar-refractivity contribution in [3.8, 4) is 0 Å². The molecule has 1 amide bonds. The minimum absolute atomic E-state index is 0.237. The van der Waals surface area contributed by atoms with Crippen LogP contribution in [-0.4, -0.2) is 56.9 Å². The van der Waals surface area contributed by atoms with Crippen LogP contribution < -0.4 is 10.2 Å². The van der Waals surface area contributed by atoms with E-state index in [0.717, 1.165) is 12.2 Å². The predicted octanol–water partition coefficient (Wildman–Crippen LogP) is 3.50. The van der Waals surface area contributed by atoms with E-state index >= 15 is 0 Å². The fourth-order valence-electron chi connectivity index (χ4n) is 4.11. The van der Waals surface area contributed by atoms with Crippen LogP contribution in [-0.2, 0) is 24.3 Å². The van der Waals surface area contributed by atoms with Gasteiger partial charge in [0.1, 0.15) is 0 Å². The zero-order valence-corrected chi connectivity index (χ0v) is 20.8. The number of amides is 1. The van der Waals surface area contributed by atoms with E-state index < -0.39 is 27.8 Å². The highest BCUT2D eigenvalue weighted by Gasteiger charge is 2.32. The van der Waals surface area contributed by atoms with Gasteiger partial charge in [0.2, 0.25) is 10.0 Å². The van der Waals surface area contributed by atoms with E-state index in [9.17, 15) is 18.0 Å². The number of piperidine rings is 1. The van der Waals surface area contributed by atoms with Crippen molar-refractivity contribution < 1.29 is 22.7 Å². The van der Waals surface area contributed by atoms with Crippen LogP contribution in [0.4, 0.5) is 11.4 Å². The summed E-state index contributed by atoms with van der Waals surface area (Å²) in [4.78, 5) is 27.1. The summed E-state index contributed by atoms with van der Waals surface area (Å²) in [6.07, 6.45) is 0.718. The molecule has 3 rings (SSSR count). The maximum Gasteiger partial charge on any atom is 0.309 e. The SMILES string of the molecule is CCN(c1ccc(NC(=O)COC(=O)C2CCN(S(=O)(=O)c3ccccc3)CC2)cc1)C(C)C. The Morgan fingerprint density at radius 2 is 1.68 bits per heavy atom. The Balaban J connectivity index is 1.45. The summed E-state index contributed by atoms with van der Waals surface area (Å²) in [6, 6.07) is 16.2. The number of nitrogens with one attached hydrogen (secondary N) is 1. The molecule has 1 aliphatic rings. The Kier molecular flexibility index (Phi) is 8.68. The van der Waals surface area contributed by atoms with Crippen LogP contribution in [0.15, 0.2) is 59.5 Å². The van der Waals surface area contributed by atoms with Gasteiger partial charge in [-0.1, -0.05) is 18.2 Å². The van der Waals surface area contributed by atoms with Crippen LogP contribution in [0, 0.1) is 5.92 Å². The lowest BCUT2D eigenvalue weighted by Crippen LogP contribution is -2.40. The third kappa shape index (κ3) is 6.36. The summed E-state index contributed by atoms with van der Waals surface area (Å²) in [5, 5.41) is 2.74. The van der Waals surface area contributed by atoms with Crippen LogP contribution in [0.5, 0.6) is 0 Å². The van der Waals surface area contributed by atoms with Gasteiger partial charge < -0.3 is 15.0 Å². The summed E-state index contributed by atoms with van der Waals surface area (Å²) < 4.78 is 32.0. The normalized spacial score (nSPS) is 15.2. The van der Waals surface area contributed by atoms with Crippen molar-refractivity contribution >= 4 is 33.3 Å². The molecule has 2 aromatic carbocycles. The van der Waals surface area contributed by atoms with Crippen molar-refractivity contribution in [1.29, 1.82) is 0 Å². The first kappa shape index (κ1) is 25.7. The zero-order valence-electron chi connectivity index (χ0n) is 19.9. The smallest absolute Gasteiger partial charge is 0.309 e. The molecule has 0 bridgehead atoms. The number of ether oxygens (including phenoxy) is 1. The number of carbonyl (C=O) groups is 2. The standard InChI is InChI=1S/C25H33N3O5S/c1-4-28(19(2)3)22-12-10-21(11-13-22)26-24(29)18-33-25(30)20-14-16-27(17-15-20)34(31,32)23-8-6-5-7-9-23/h5-13,19-20H,4,14-18H2,1-3H3,(H,26,29). The van der Waals surface area contributed by atoms with Gasteiger partial charge in [0, 0.05) is 37.1 Å². The third-order valence-electron chi connectivity index (χ3n) is 5.96. The fraction of sp³-hybridized carbons (Fsp3) is 0.440. The summed E-state index contributed by atoms with van der Waals surface area (Å²) in [5.41, 5.74) is 1.70. The highest BCUT2D eigenvalue weighted by molar-refractivity contribution is 7.89. The Morgan fingerprint density at radius 3 is 2.24 bits per heavy atom. The van der Waals surface area contributed by atoms with Crippen LogP contribution in [0.2, 0.25) is 0 Å². The quantitative estimate of drug-likeness (QED) is 0.544. The minimum Gasteiger partial charge on any atom is -0.455 e. The molecule has 1 aliphatic heterocycles. The highest BCUT2D eigenvalue weighted by Crippen LogP contribution is 2.25. The van der Waals surface area contributed by atoms with E-state index in [-0.39, 0.29) is 24.6 Å². The van der Waals surface area contributed by atoms with Crippen molar-refractivity contribution in [1.82, 2.24) is 4.31 Å². The molecule has 1 heterocycles. The number of nitrogens with zero attached hydrogens (tertiary/aromatic N) is 2. The number of anilines is 2. The molecule has 0 saturated carbocycles. The van der Waals surface area contributed by atoms with Gasteiger partial charge in [0.25, 0.3) is 5.91 Å². The number of rotatable bonds is 9. The van der Waals surface area contributed by atoms with Gasteiger partial charge in [-0.15, -0.1) is 0 Å². The van der Waals surface area contributed by atoms with Gasteiger partial charge in [-0.05, 0) is 70.0 Å². The van der Waals surface area contributed by atoms with Crippen molar-refractivity contribution in [3.63, 3.8) is 0 Å². The number of carbonyl (C=O) groups excluding carboxylic acids is 2. The predicted molar refractivity (Wildman–Crippen MR) is 132 cm³/mol. The second kappa shape index (κ2) is 11.5. The van der Waals surface area contributed by atoms with Crippen LogP contribution in [0.1, 0.15) is 33.6 Å². The molecule has 184 valence electrons.